The molecule has 0 amide bonds. The molecule has 0 bridgehead atoms. The van der Waals surface area contributed by atoms with Gasteiger partial charge in [0.15, 0.2) is 0 Å². The van der Waals surface area contributed by atoms with Crippen molar-refractivity contribution in [1.82, 2.24) is 0 Å². The highest BCUT2D eigenvalue weighted by atomic mass is 16.3. The number of benzene rings is 2. The van der Waals surface area contributed by atoms with Gasteiger partial charge >= 0.3 is 0 Å². The number of fused-ring (bicyclic) bond motifs is 1. The molecule has 3 rings (SSSR count). The Morgan fingerprint density at radius 2 is 1.75 bits per heavy atom. The van der Waals surface area contributed by atoms with Crippen molar-refractivity contribution >= 4 is 11.8 Å². The molecule has 4 nitrogen and oxygen atoms in total. The second-order valence-electron chi connectivity index (χ2n) is 4.70. The van der Waals surface area contributed by atoms with Crippen LogP contribution in [0.1, 0.15) is 17.5 Å². The molecular weight excluding hydrogens is 252 g/mol. The van der Waals surface area contributed by atoms with E-state index in [0.29, 0.717) is 12.1 Å². The van der Waals surface area contributed by atoms with E-state index in [9.17, 15) is 10.2 Å². The van der Waals surface area contributed by atoms with Crippen LogP contribution in [0.4, 0.5) is 5.69 Å². The smallest absolute Gasteiger partial charge is 0.206 e. The molecule has 100 valence electrons. The Bertz CT molecular complexity index is 694. The van der Waals surface area contributed by atoms with Gasteiger partial charge in [-0.15, -0.1) is 10.2 Å². The van der Waals surface area contributed by atoms with E-state index < -0.39 is 5.72 Å². The molecule has 2 N–H and O–H groups in total. The maximum absolute atomic E-state index is 10.7. The summed E-state index contributed by atoms with van der Waals surface area (Å²) >= 11 is 0. The number of para-hydroxylation sites is 1. The fourth-order valence-corrected chi connectivity index (χ4v) is 2.25. The van der Waals surface area contributed by atoms with Gasteiger partial charge in [-0.25, -0.2) is 0 Å². The fraction of sp³-hybridized carbons (Fsp3) is 0.125. The minimum Gasteiger partial charge on any atom is -0.506 e. The molecule has 0 aromatic heterocycles. The lowest BCUT2D eigenvalue weighted by Gasteiger charge is -2.26. The summed E-state index contributed by atoms with van der Waals surface area (Å²) in [5.74, 6) is 0.0412. The van der Waals surface area contributed by atoms with Crippen molar-refractivity contribution in [3.05, 3.63) is 65.7 Å². The molecule has 0 saturated carbocycles. The van der Waals surface area contributed by atoms with Crippen molar-refractivity contribution in [1.29, 1.82) is 0 Å². The van der Waals surface area contributed by atoms with E-state index in [1.807, 2.05) is 36.4 Å². The van der Waals surface area contributed by atoms with Gasteiger partial charge < -0.3 is 10.2 Å². The summed E-state index contributed by atoms with van der Waals surface area (Å²) in [7, 11) is 0. The Balaban J connectivity index is 1.98. The van der Waals surface area contributed by atoms with Gasteiger partial charge in [-0.05, 0) is 17.7 Å². The topological polar surface area (TPSA) is 65.2 Å². The number of azo groups is 1. The third-order valence-corrected chi connectivity index (χ3v) is 3.30. The highest BCUT2D eigenvalue weighted by Gasteiger charge is 2.32. The van der Waals surface area contributed by atoms with Crippen molar-refractivity contribution < 1.29 is 10.2 Å². The highest BCUT2D eigenvalue weighted by molar-refractivity contribution is 5.58. The van der Waals surface area contributed by atoms with Crippen LogP contribution in [0.5, 0.6) is 5.75 Å². The van der Waals surface area contributed by atoms with E-state index in [-0.39, 0.29) is 5.75 Å². The number of rotatable bonds is 2. The zero-order valence-corrected chi connectivity index (χ0v) is 10.8. The lowest BCUT2D eigenvalue weighted by Crippen LogP contribution is -2.24. The minimum atomic E-state index is -1.38. The van der Waals surface area contributed by atoms with E-state index in [0.717, 1.165) is 11.1 Å². The maximum Gasteiger partial charge on any atom is 0.206 e. The summed E-state index contributed by atoms with van der Waals surface area (Å²) in [6.45, 7) is 0. The summed E-state index contributed by atoms with van der Waals surface area (Å²) < 4.78 is 0. The zero-order valence-electron chi connectivity index (χ0n) is 10.8. The molecule has 0 heterocycles. The third-order valence-electron chi connectivity index (χ3n) is 3.30. The summed E-state index contributed by atoms with van der Waals surface area (Å²) in [6, 6.07) is 14.2. The van der Waals surface area contributed by atoms with E-state index in [4.69, 9.17) is 0 Å². The van der Waals surface area contributed by atoms with E-state index in [1.165, 1.54) is 6.07 Å². The van der Waals surface area contributed by atoms with Gasteiger partial charge in [0, 0.05) is 12.0 Å². The van der Waals surface area contributed by atoms with Crippen LogP contribution in [0.2, 0.25) is 0 Å². The third kappa shape index (κ3) is 2.21. The first-order valence-corrected chi connectivity index (χ1v) is 6.38. The Morgan fingerprint density at radius 1 is 1.00 bits per heavy atom. The SMILES string of the molecule is Oc1ccccc1N=NC1(O)CC=Cc2ccccc21. The molecule has 2 aromatic rings. The fourth-order valence-electron chi connectivity index (χ4n) is 2.25. The second-order valence-corrected chi connectivity index (χ2v) is 4.70. The highest BCUT2D eigenvalue weighted by Crippen LogP contribution is 2.36. The van der Waals surface area contributed by atoms with Crippen molar-refractivity contribution in [3.63, 3.8) is 0 Å². The van der Waals surface area contributed by atoms with Gasteiger partial charge in [0.25, 0.3) is 0 Å². The van der Waals surface area contributed by atoms with E-state index in [1.54, 1.807) is 18.2 Å². The van der Waals surface area contributed by atoms with Crippen LogP contribution in [0.3, 0.4) is 0 Å². The summed E-state index contributed by atoms with van der Waals surface area (Å²) in [4.78, 5) is 0. The molecule has 0 radical (unpaired) electrons. The van der Waals surface area contributed by atoms with Crippen molar-refractivity contribution in [3.8, 4) is 5.75 Å². The molecule has 4 heteroatoms. The second kappa shape index (κ2) is 4.90. The predicted molar refractivity (Wildman–Crippen MR) is 76.6 cm³/mol. The van der Waals surface area contributed by atoms with Crippen LogP contribution in [0.25, 0.3) is 6.08 Å². The first-order chi connectivity index (χ1) is 9.69. The standard InChI is InChI=1S/C16H14N2O2/c19-15-10-4-3-9-14(15)17-18-16(20)11-5-7-12-6-1-2-8-13(12)16/h1-10,19-20H,11H2. The van der Waals surface area contributed by atoms with Gasteiger partial charge in [-0.1, -0.05) is 48.6 Å². The largest absolute Gasteiger partial charge is 0.506 e. The molecule has 1 atom stereocenters. The van der Waals surface area contributed by atoms with Gasteiger partial charge in [0.2, 0.25) is 5.72 Å². The molecule has 1 aliphatic rings. The Hall–Kier alpha value is -2.46. The van der Waals surface area contributed by atoms with Crippen molar-refractivity contribution in [2.75, 3.05) is 0 Å². The number of phenolic OH excluding ortho intramolecular Hbond substituents is 1. The lowest BCUT2D eigenvalue weighted by atomic mass is 9.90. The Labute approximate surface area is 116 Å². The number of aliphatic hydroxyl groups is 1. The number of hydrogen-bond acceptors (Lipinski definition) is 4. The molecule has 0 spiro atoms. The summed E-state index contributed by atoms with van der Waals surface area (Å²) in [5.41, 5.74) is 0.611. The first kappa shape index (κ1) is 12.6. The lowest BCUT2D eigenvalue weighted by molar-refractivity contribution is 0.0408. The average molecular weight is 266 g/mol. The Kier molecular flexibility index (Phi) is 3.08. The van der Waals surface area contributed by atoms with Crippen LogP contribution in [0, 0.1) is 0 Å². The Morgan fingerprint density at radius 3 is 2.60 bits per heavy atom. The monoisotopic (exact) mass is 266 g/mol. The molecule has 0 aliphatic heterocycles. The normalized spacial score (nSPS) is 21.1. The van der Waals surface area contributed by atoms with Crippen LogP contribution in [0.15, 0.2) is 64.8 Å². The molecule has 2 aromatic carbocycles. The molecule has 1 aliphatic carbocycles. The van der Waals surface area contributed by atoms with E-state index >= 15 is 0 Å². The van der Waals surface area contributed by atoms with Crippen LogP contribution in [-0.2, 0) is 5.72 Å². The zero-order chi connectivity index (χ0) is 14.0. The summed E-state index contributed by atoms with van der Waals surface area (Å²) in [6.07, 6.45) is 4.19. The first-order valence-electron chi connectivity index (χ1n) is 6.38. The quantitative estimate of drug-likeness (QED) is 0.813. The molecule has 0 fully saturated rings. The molecule has 20 heavy (non-hydrogen) atoms. The van der Waals surface area contributed by atoms with Crippen molar-refractivity contribution in [2.24, 2.45) is 10.2 Å². The van der Waals surface area contributed by atoms with Crippen LogP contribution >= 0.6 is 0 Å². The number of aromatic hydroxyl groups is 1. The van der Waals surface area contributed by atoms with Gasteiger partial charge in [0.1, 0.15) is 11.4 Å². The number of phenols is 1. The van der Waals surface area contributed by atoms with Crippen LogP contribution < -0.4 is 0 Å². The van der Waals surface area contributed by atoms with Crippen LogP contribution in [-0.4, -0.2) is 10.2 Å². The molecular formula is C16H14N2O2. The maximum atomic E-state index is 10.7. The molecule has 0 saturated heterocycles. The minimum absolute atomic E-state index is 0.0412. The van der Waals surface area contributed by atoms with Gasteiger partial charge in [0.05, 0.1) is 0 Å². The summed E-state index contributed by atoms with van der Waals surface area (Å²) in [5, 5.41) is 28.4. The number of nitrogens with zero attached hydrogens (tertiary/aromatic N) is 2. The average Bonchev–Trinajstić information content (AvgIpc) is 2.47. The van der Waals surface area contributed by atoms with Gasteiger partial charge in [-0.2, -0.15) is 0 Å². The number of hydrogen-bond donors (Lipinski definition) is 2. The van der Waals surface area contributed by atoms with E-state index in [2.05, 4.69) is 10.2 Å². The predicted octanol–water partition coefficient (Wildman–Crippen LogP) is 3.74. The van der Waals surface area contributed by atoms with Gasteiger partial charge in [-0.3, -0.25) is 0 Å². The molecule has 1 unspecified atom stereocenters. The van der Waals surface area contributed by atoms with Crippen molar-refractivity contribution in [2.45, 2.75) is 12.1 Å².